The number of ether oxygens (including phenoxy) is 1. The molecule has 5 aliphatic rings. The van der Waals surface area contributed by atoms with E-state index in [-0.39, 0.29) is 11.9 Å². The van der Waals surface area contributed by atoms with Crippen LogP contribution in [-0.2, 0) is 14.3 Å². The van der Waals surface area contributed by atoms with Gasteiger partial charge in [0, 0.05) is 31.9 Å². The first-order chi connectivity index (χ1) is 14.4. The van der Waals surface area contributed by atoms with E-state index in [1.54, 1.807) is 6.92 Å². The zero-order chi connectivity index (χ0) is 20.9. The van der Waals surface area contributed by atoms with Crippen LogP contribution in [0, 0.1) is 17.3 Å². The zero-order valence-corrected chi connectivity index (χ0v) is 17.8. The average molecular weight is 413 g/mol. The number of carbonyl (C=O) groups is 2. The second-order valence-corrected chi connectivity index (χ2v) is 10.2. The number of nitrogens with zero attached hydrogens (tertiary/aromatic N) is 2. The number of hydrogen-bond acceptors (Lipinski definition) is 5. The van der Waals surface area contributed by atoms with Crippen LogP contribution in [0.3, 0.4) is 0 Å². The molecule has 1 N–H and O–H groups in total. The Morgan fingerprint density at radius 1 is 1.03 bits per heavy atom. The van der Waals surface area contributed by atoms with Gasteiger partial charge in [0.05, 0.1) is 11.0 Å². The predicted molar refractivity (Wildman–Crippen MR) is 113 cm³/mol. The highest BCUT2D eigenvalue weighted by Crippen LogP contribution is 2.62. The van der Waals surface area contributed by atoms with Crippen LogP contribution < -0.4 is 4.90 Å². The topological polar surface area (TPSA) is 70.1 Å². The Balaban J connectivity index is 1.18. The maximum absolute atomic E-state index is 13.2. The summed E-state index contributed by atoms with van der Waals surface area (Å²) in [5, 5.41) is 10.9. The van der Waals surface area contributed by atoms with E-state index >= 15 is 0 Å². The molecule has 1 heterocycles. The largest absolute Gasteiger partial charge is 0.452 e. The van der Waals surface area contributed by atoms with Crippen molar-refractivity contribution < 1.29 is 19.4 Å². The number of esters is 1. The summed E-state index contributed by atoms with van der Waals surface area (Å²) in [7, 11) is 0. The molecule has 2 unspecified atom stereocenters. The smallest absolute Gasteiger partial charge is 0.312 e. The maximum atomic E-state index is 13.2. The molecule has 0 spiro atoms. The van der Waals surface area contributed by atoms with Gasteiger partial charge in [-0.25, -0.2) is 0 Å². The number of anilines is 1. The molecule has 162 valence electrons. The van der Waals surface area contributed by atoms with Gasteiger partial charge in [-0.05, 0) is 69.4 Å². The lowest BCUT2D eigenvalue weighted by Crippen LogP contribution is -2.59. The van der Waals surface area contributed by atoms with Crippen LogP contribution >= 0.6 is 0 Å². The Morgan fingerprint density at radius 2 is 1.67 bits per heavy atom. The molecular weight excluding hydrogens is 380 g/mol. The molecule has 4 aliphatic carbocycles. The minimum Gasteiger partial charge on any atom is -0.452 e. The van der Waals surface area contributed by atoms with Crippen molar-refractivity contribution >= 4 is 17.6 Å². The molecule has 30 heavy (non-hydrogen) atoms. The summed E-state index contributed by atoms with van der Waals surface area (Å²) in [6.45, 7) is 4.50. The fourth-order valence-corrected chi connectivity index (χ4v) is 6.87. The Kier molecular flexibility index (Phi) is 4.80. The van der Waals surface area contributed by atoms with E-state index in [0.717, 1.165) is 45.2 Å². The Labute approximate surface area is 178 Å². The van der Waals surface area contributed by atoms with Gasteiger partial charge in [-0.3, -0.25) is 9.59 Å². The van der Waals surface area contributed by atoms with Crippen molar-refractivity contribution in [3.63, 3.8) is 0 Å². The summed E-state index contributed by atoms with van der Waals surface area (Å²) < 4.78 is 5.75. The van der Waals surface area contributed by atoms with Gasteiger partial charge in [-0.2, -0.15) is 0 Å². The molecule has 5 atom stereocenters. The molecule has 5 fully saturated rings. The third-order valence-corrected chi connectivity index (χ3v) is 7.81. The highest BCUT2D eigenvalue weighted by Gasteiger charge is 2.61. The minimum absolute atomic E-state index is 0.112. The number of para-hydroxylation sites is 1. The molecule has 1 saturated heterocycles. The zero-order valence-electron chi connectivity index (χ0n) is 17.8. The van der Waals surface area contributed by atoms with E-state index in [0.29, 0.717) is 31.3 Å². The number of benzene rings is 1. The van der Waals surface area contributed by atoms with Crippen LogP contribution in [0.4, 0.5) is 5.69 Å². The van der Waals surface area contributed by atoms with Crippen LogP contribution in [0.15, 0.2) is 30.3 Å². The van der Waals surface area contributed by atoms with E-state index in [9.17, 15) is 14.7 Å². The van der Waals surface area contributed by atoms with Crippen molar-refractivity contribution in [1.82, 2.24) is 4.90 Å². The monoisotopic (exact) mass is 412 g/mol. The summed E-state index contributed by atoms with van der Waals surface area (Å²) in [4.78, 5) is 30.2. The summed E-state index contributed by atoms with van der Waals surface area (Å²) in [5.74, 6) is 0.458. The number of aliphatic hydroxyl groups is 1. The standard InChI is InChI=1S/C24H32N2O4/c1-17(21(27)26-9-7-25(8-10-26)20-5-3-2-4-6-20)30-22(28)23-12-18-11-19(13-23)15-24(29,14-18)16-23/h2-6,17-19,29H,7-16H2,1H3/t17-,18-,19+,23?,24?/m1/s1. The lowest BCUT2D eigenvalue weighted by atomic mass is 9.48. The molecule has 4 bridgehead atoms. The molecule has 6 heteroatoms. The molecule has 1 aromatic carbocycles. The van der Waals surface area contributed by atoms with E-state index in [1.807, 2.05) is 23.1 Å². The highest BCUT2D eigenvalue weighted by molar-refractivity contribution is 5.85. The number of piperazine rings is 1. The van der Waals surface area contributed by atoms with Crippen molar-refractivity contribution in [3.8, 4) is 0 Å². The molecule has 1 amide bonds. The minimum atomic E-state index is -0.775. The number of rotatable bonds is 4. The first-order valence-corrected chi connectivity index (χ1v) is 11.4. The number of hydrogen-bond donors (Lipinski definition) is 1. The quantitative estimate of drug-likeness (QED) is 0.770. The molecule has 6 rings (SSSR count). The highest BCUT2D eigenvalue weighted by atomic mass is 16.5. The van der Waals surface area contributed by atoms with E-state index < -0.39 is 17.1 Å². The molecule has 0 radical (unpaired) electrons. The van der Waals surface area contributed by atoms with Gasteiger partial charge in [0.25, 0.3) is 5.91 Å². The van der Waals surface area contributed by atoms with Crippen molar-refractivity contribution in [3.05, 3.63) is 30.3 Å². The molecule has 0 aromatic heterocycles. The van der Waals surface area contributed by atoms with Crippen LogP contribution in [0.25, 0.3) is 0 Å². The van der Waals surface area contributed by atoms with Crippen molar-refractivity contribution in [2.24, 2.45) is 17.3 Å². The van der Waals surface area contributed by atoms with Gasteiger partial charge in [-0.1, -0.05) is 18.2 Å². The van der Waals surface area contributed by atoms with E-state index in [1.165, 1.54) is 5.69 Å². The summed E-state index contributed by atoms with van der Waals surface area (Å²) in [5.41, 5.74) is -0.118. The van der Waals surface area contributed by atoms with Crippen molar-refractivity contribution in [2.45, 2.75) is 57.2 Å². The number of amides is 1. The van der Waals surface area contributed by atoms with Crippen LogP contribution in [0.1, 0.15) is 45.4 Å². The Morgan fingerprint density at radius 3 is 2.27 bits per heavy atom. The molecule has 1 aromatic rings. The van der Waals surface area contributed by atoms with Gasteiger partial charge in [0.15, 0.2) is 6.10 Å². The van der Waals surface area contributed by atoms with Crippen molar-refractivity contribution in [1.29, 1.82) is 0 Å². The van der Waals surface area contributed by atoms with Crippen molar-refractivity contribution in [2.75, 3.05) is 31.1 Å². The SMILES string of the molecule is C[C@@H](OC(=O)C12C[C@@H]3C[C@@H](CC(O)(C3)C1)C2)C(=O)N1CCN(c2ccccc2)CC1. The summed E-state index contributed by atoms with van der Waals surface area (Å²) in [6, 6.07) is 10.2. The Hall–Kier alpha value is -2.08. The lowest BCUT2D eigenvalue weighted by Gasteiger charge is -2.58. The average Bonchev–Trinajstić information content (AvgIpc) is 2.72. The maximum Gasteiger partial charge on any atom is 0.312 e. The second-order valence-electron chi connectivity index (χ2n) is 10.2. The van der Waals surface area contributed by atoms with Gasteiger partial charge in [0.2, 0.25) is 0 Å². The normalized spacial score (nSPS) is 35.9. The molecular formula is C24H32N2O4. The predicted octanol–water partition coefficient (Wildman–Crippen LogP) is 2.60. The number of carbonyl (C=O) groups excluding carboxylic acids is 2. The first-order valence-electron chi connectivity index (χ1n) is 11.4. The van der Waals surface area contributed by atoms with E-state index in [4.69, 9.17) is 4.74 Å². The van der Waals surface area contributed by atoms with Crippen LogP contribution in [0.2, 0.25) is 0 Å². The molecule has 1 aliphatic heterocycles. The summed E-state index contributed by atoms with van der Waals surface area (Å²) >= 11 is 0. The van der Waals surface area contributed by atoms with Gasteiger partial charge in [0.1, 0.15) is 0 Å². The van der Waals surface area contributed by atoms with Crippen LogP contribution in [0.5, 0.6) is 0 Å². The van der Waals surface area contributed by atoms with Crippen LogP contribution in [-0.4, -0.2) is 59.8 Å². The Bertz CT molecular complexity index is 804. The van der Waals surface area contributed by atoms with Gasteiger partial charge in [-0.15, -0.1) is 0 Å². The third kappa shape index (κ3) is 3.49. The fraction of sp³-hybridized carbons (Fsp3) is 0.667. The van der Waals surface area contributed by atoms with Gasteiger partial charge >= 0.3 is 5.97 Å². The molecule has 4 saturated carbocycles. The van der Waals surface area contributed by atoms with E-state index in [2.05, 4.69) is 17.0 Å². The second kappa shape index (κ2) is 7.26. The third-order valence-electron chi connectivity index (χ3n) is 7.81. The first kappa shape index (κ1) is 19.9. The van der Waals surface area contributed by atoms with Gasteiger partial charge < -0.3 is 19.6 Å². The molecule has 6 nitrogen and oxygen atoms in total. The fourth-order valence-electron chi connectivity index (χ4n) is 6.87. The summed E-state index contributed by atoms with van der Waals surface area (Å²) in [6.07, 6.45) is 4.10. The lowest BCUT2D eigenvalue weighted by molar-refractivity contribution is -0.200.